The van der Waals surface area contributed by atoms with E-state index in [2.05, 4.69) is 9.71 Å². The zero-order chi connectivity index (χ0) is 22.1. The maximum absolute atomic E-state index is 12.7. The van der Waals surface area contributed by atoms with Gasteiger partial charge in [0.05, 0.1) is 28.4 Å². The first-order valence-corrected chi connectivity index (χ1v) is 12.0. The van der Waals surface area contributed by atoms with Gasteiger partial charge in [-0.2, -0.15) is 0 Å². The molecule has 2 heterocycles. The average molecular weight is 462 g/mol. The van der Waals surface area contributed by atoms with Gasteiger partial charge in [0, 0.05) is 17.6 Å². The van der Waals surface area contributed by atoms with Crippen LogP contribution in [0.2, 0.25) is 0 Å². The van der Waals surface area contributed by atoms with Crippen molar-refractivity contribution in [3.8, 4) is 11.5 Å². The van der Waals surface area contributed by atoms with Crippen LogP contribution in [0.25, 0.3) is 0 Å². The number of anilines is 3. The third-order valence-corrected chi connectivity index (χ3v) is 6.65. The Bertz CT molecular complexity index is 1160. The Labute approximate surface area is 185 Å². The number of para-hydroxylation sites is 2. The van der Waals surface area contributed by atoms with Crippen molar-refractivity contribution in [1.29, 1.82) is 0 Å². The quantitative estimate of drug-likeness (QED) is 0.554. The number of benzene rings is 2. The van der Waals surface area contributed by atoms with Gasteiger partial charge in [0.25, 0.3) is 10.0 Å². The smallest absolute Gasteiger partial charge is 0.263 e. The van der Waals surface area contributed by atoms with Crippen LogP contribution in [0.15, 0.2) is 58.9 Å². The molecule has 0 bridgehead atoms. The van der Waals surface area contributed by atoms with Crippen molar-refractivity contribution in [2.24, 2.45) is 0 Å². The molecule has 164 valence electrons. The summed E-state index contributed by atoms with van der Waals surface area (Å²) in [6.45, 7) is 4.46. The van der Waals surface area contributed by atoms with E-state index >= 15 is 0 Å². The van der Waals surface area contributed by atoms with Gasteiger partial charge in [-0.15, -0.1) is 11.3 Å². The van der Waals surface area contributed by atoms with Crippen molar-refractivity contribution in [1.82, 2.24) is 4.98 Å². The van der Waals surface area contributed by atoms with Crippen LogP contribution in [0, 0.1) is 0 Å². The van der Waals surface area contributed by atoms with Crippen LogP contribution in [-0.2, 0) is 10.0 Å². The Morgan fingerprint density at radius 2 is 2.06 bits per heavy atom. The third-order valence-electron chi connectivity index (χ3n) is 4.50. The number of rotatable bonds is 7. The van der Waals surface area contributed by atoms with E-state index in [1.165, 1.54) is 29.7 Å². The van der Waals surface area contributed by atoms with E-state index in [1.807, 2.05) is 29.2 Å². The number of hydrogen-bond acceptors (Lipinski definition) is 8. The van der Waals surface area contributed by atoms with Crippen LogP contribution < -0.4 is 19.1 Å². The minimum Gasteiger partial charge on any atom is -0.489 e. The van der Waals surface area contributed by atoms with E-state index < -0.39 is 15.6 Å². The zero-order valence-corrected chi connectivity index (χ0v) is 18.7. The molecule has 0 fully saturated rings. The topological polar surface area (TPSA) is 101 Å². The molecule has 1 aromatic heterocycles. The number of sulfonamides is 1. The van der Waals surface area contributed by atoms with Crippen molar-refractivity contribution in [2.45, 2.75) is 24.3 Å². The van der Waals surface area contributed by atoms with Gasteiger partial charge in [-0.25, -0.2) is 13.4 Å². The second-order valence-electron chi connectivity index (χ2n) is 7.64. The normalized spacial score (nSPS) is 14.0. The fourth-order valence-corrected chi connectivity index (χ4v) is 4.93. The first-order valence-electron chi connectivity index (χ1n) is 9.64. The predicted octanol–water partition coefficient (Wildman–Crippen LogP) is 3.62. The van der Waals surface area contributed by atoms with Crippen LogP contribution in [-0.4, -0.2) is 43.9 Å². The van der Waals surface area contributed by atoms with Crippen LogP contribution in [0.4, 0.5) is 16.5 Å². The SMILES string of the molecule is CC(C)(O)COc1ccccc1N1CCOc2cc(S(=O)(=O)Nc3nccs3)ccc21. The van der Waals surface area contributed by atoms with E-state index in [-0.39, 0.29) is 11.5 Å². The zero-order valence-electron chi connectivity index (χ0n) is 17.1. The molecular weight excluding hydrogens is 438 g/mol. The number of aromatic nitrogens is 1. The summed E-state index contributed by atoms with van der Waals surface area (Å²) in [5.41, 5.74) is 0.579. The highest BCUT2D eigenvalue weighted by molar-refractivity contribution is 7.93. The fraction of sp³-hybridized carbons (Fsp3) is 0.286. The number of hydrogen-bond donors (Lipinski definition) is 2. The molecule has 10 heteroatoms. The minimum absolute atomic E-state index is 0.0925. The minimum atomic E-state index is -3.79. The molecule has 1 aliphatic heterocycles. The van der Waals surface area contributed by atoms with Crippen molar-refractivity contribution in [3.63, 3.8) is 0 Å². The highest BCUT2D eigenvalue weighted by Gasteiger charge is 2.26. The molecule has 0 unspecified atom stereocenters. The van der Waals surface area contributed by atoms with Gasteiger partial charge < -0.3 is 19.5 Å². The molecule has 0 amide bonds. The maximum Gasteiger partial charge on any atom is 0.263 e. The van der Waals surface area contributed by atoms with Crippen molar-refractivity contribution in [3.05, 3.63) is 54.0 Å². The largest absolute Gasteiger partial charge is 0.489 e. The second kappa shape index (κ2) is 8.37. The number of nitrogens with one attached hydrogen (secondary N) is 1. The van der Waals surface area contributed by atoms with Crippen molar-refractivity contribution < 1.29 is 23.0 Å². The molecule has 0 radical (unpaired) electrons. The highest BCUT2D eigenvalue weighted by Crippen LogP contribution is 2.41. The van der Waals surface area contributed by atoms with Crippen LogP contribution in [0.5, 0.6) is 11.5 Å². The molecule has 0 atom stereocenters. The van der Waals surface area contributed by atoms with Gasteiger partial charge in [-0.05, 0) is 38.1 Å². The lowest BCUT2D eigenvalue weighted by molar-refractivity contribution is 0.0286. The van der Waals surface area contributed by atoms with Gasteiger partial charge in [0.1, 0.15) is 24.7 Å². The number of aliphatic hydroxyl groups is 1. The molecule has 1 aliphatic rings. The second-order valence-corrected chi connectivity index (χ2v) is 10.2. The number of fused-ring (bicyclic) bond motifs is 1. The molecule has 8 nitrogen and oxygen atoms in total. The Hall–Kier alpha value is -2.82. The summed E-state index contributed by atoms with van der Waals surface area (Å²) in [5, 5.41) is 12.0. The third kappa shape index (κ3) is 4.92. The monoisotopic (exact) mass is 461 g/mol. The van der Waals surface area contributed by atoms with Crippen molar-refractivity contribution >= 4 is 37.9 Å². The first kappa shape index (κ1) is 21.4. The molecule has 0 saturated heterocycles. The van der Waals surface area contributed by atoms with Gasteiger partial charge in [-0.1, -0.05) is 12.1 Å². The predicted molar refractivity (Wildman–Crippen MR) is 120 cm³/mol. The average Bonchev–Trinajstić information content (AvgIpc) is 3.23. The molecule has 2 N–H and O–H groups in total. The Morgan fingerprint density at radius 1 is 1.26 bits per heavy atom. The van der Waals surface area contributed by atoms with Crippen LogP contribution >= 0.6 is 11.3 Å². The van der Waals surface area contributed by atoms with Gasteiger partial charge >= 0.3 is 0 Å². The van der Waals surface area contributed by atoms with Crippen molar-refractivity contribution in [2.75, 3.05) is 29.4 Å². The fourth-order valence-electron chi connectivity index (χ4n) is 3.12. The first-order chi connectivity index (χ1) is 14.7. The molecule has 0 saturated carbocycles. The lowest BCUT2D eigenvalue weighted by atomic mass is 10.1. The molecule has 3 aromatic rings. The van der Waals surface area contributed by atoms with Gasteiger partial charge in [-0.3, -0.25) is 4.72 Å². The lowest BCUT2D eigenvalue weighted by Gasteiger charge is -2.33. The van der Waals surface area contributed by atoms with E-state index in [0.717, 1.165) is 11.4 Å². The Kier molecular flexibility index (Phi) is 5.78. The highest BCUT2D eigenvalue weighted by atomic mass is 32.2. The Balaban J connectivity index is 1.64. The van der Waals surface area contributed by atoms with E-state index in [1.54, 1.807) is 25.3 Å². The summed E-state index contributed by atoms with van der Waals surface area (Å²) in [6, 6.07) is 12.3. The summed E-state index contributed by atoms with van der Waals surface area (Å²) < 4.78 is 39.5. The van der Waals surface area contributed by atoms with E-state index in [4.69, 9.17) is 9.47 Å². The maximum atomic E-state index is 12.7. The standard InChI is InChI=1S/C21H23N3O5S2/c1-21(2,25)14-29-18-6-4-3-5-16(18)24-10-11-28-19-13-15(7-8-17(19)24)31(26,27)23-20-22-9-12-30-20/h3-9,12-13,25H,10-11,14H2,1-2H3,(H,22,23). The molecule has 0 aliphatic carbocycles. The molecule has 0 spiro atoms. The van der Waals surface area contributed by atoms with Crippen LogP contribution in [0.1, 0.15) is 13.8 Å². The lowest BCUT2D eigenvalue weighted by Crippen LogP contribution is -2.31. The van der Waals surface area contributed by atoms with Crippen LogP contribution in [0.3, 0.4) is 0 Å². The number of nitrogens with zero attached hydrogens (tertiary/aromatic N) is 2. The molecule has 2 aromatic carbocycles. The van der Waals surface area contributed by atoms with Gasteiger partial charge in [0.2, 0.25) is 0 Å². The van der Waals surface area contributed by atoms with E-state index in [9.17, 15) is 13.5 Å². The summed E-state index contributed by atoms with van der Waals surface area (Å²) in [4.78, 5) is 6.08. The summed E-state index contributed by atoms with van der Waals surface area (Å²) in [5.74, 6) is 1.09. The Morgan fingerprint density at radius 3 is 2.81 bits per heavy atom. The van der Waals surface area contributed by atoms with Gasteiger partial charge in [0.15, 0.2) is 5.13 Å². The summed E-state index contributed by atoms with van der Waals surface area (Å²) >= 11 is 1.21. The number of thiazole rings is 1. The summed E-state index contributed by atoms with van der Waals surface area (Å²) in [6.07, 6.45) is 1.54. The van der Waals surface area contributed by atoms with E-state index in [0.29, 0.717) is 29.8 Å². The molecular formula is C21H23N3O5S2. The number of ether oxygens (including phenoxy) is 2. The molecule has 4 rings (SSSR count). The summed E-state index contributed by atoms with van der Waals surface area (Å²) in [7, 11) is -3.79. The molecule has 31 heavy (non-hydrogen) atoms.